The second-order valence-electron chi connectivity index (χ2n) is 3.37. The van der Waals surface area contributed by atoms with Gasteiger partial charge in [0.05, 0.1) is 0 Å². The molecule has 0 radical (unpaired) electrons. The van der Waals surface area contributed by atoms with Gasteiger partial charge in [0.15, 0.2) is 0 Å². The molecule has 1 aromatic heterocycles. The van der Waals surface area contributed by atoms with E-state index in [4.69, 9.17) is 0 Å². The van der Waals surface area contributed by atoms with E-state index in [-0.39, 0.29) is 0 Å². The molecule has 1 atom stereocenters. The van der Waals surface area contributed by atoms with Gasteiger partial charge in [0, 0.05) is 12.4 Å². The number of hydrogen-bond acceptors (Lipinski definition) is 1. The van der Waals surface area contributed by atoms with Crippen molar-refractivity contribution in [3.05, 3.63) is 54.4 Å². The minimum atomic E-state index is 0.674. The average molecular weight is 171 g/mol. The molecule has 1 heteroatoms. The third kappa shape index (κ3) is 2.28. The molecule has 0 amide bonds. The molecule has 1 nitrogen and oxygen atoms in total. The summed E-state index contributed by atoms with van der Waals surface area (Å²) in [6.45, 7) is 0. The fourth-order valence-electron chi connectivity index (χ4n) is 1.60. The van der Waals surface area contributed by atoms with Crippen LogP contribution in [-0.4, -0.2) is 4.98 Å². The zero-order valence-corrected chi connectivity index (χ0v) is 7.56. The van der Waals surface area contributed by atoms with Gasteiger partial charge < -0.3 is 0 Å². The predicted octanol–water partition coefficient (Wildman–Crippen LogP) is 2.76. The Bertz CT molecular complexity index is 311. The first-order valence-electron chi connectivity index (χ1n) is 4.67. The van der Waals surface area contributed by atoms with Crippen molar-refractivity contribution in [3.8, 4) is 0 Å². The fourth-order valence-corrected chi connectivity index (χ4v) is 1.60. The monoisotopic (exact) mass is 171 g/mol. The minimum Gasteiger partial charge on any atom is -0.265 e. The van der Waals surface area contributed by atoms with Crippen LogP contribution in [0.15, 0.2) is 48.8 Å². The molecule has 0 N–H and O–H groups in total. The molecule has 1 aliphatic rings. The summed E-state index contributed by atoms with van der Waals surface area (Å²) in [5, 5.41) is 0. The fraction of sp³-hybridized carbons (Fsp3) is 0.250. The van der Waals surface area contributed by atoms with Gasteiger partial charge in [-0.15, -0.1) is 0 Å². The molecule has 0 aliphatic heterocycles. The van der Waals surface area contributed by atoms with Crippen molar-refractivity contribution in [2.45, 2.75) is 12.8 Å². The van der Waals surface area contributed by atoms with E-state index in [9.17, 15) is 0 Å². The Labute approximate surface area is 78.8 Å². The van der Waals surface area contributed by atoms with Crippen LogP contribution in [-0.2, 0) is 6.42 Å². The molecule has 0 aromatic carbocycles. The summed E-state index contributed by atoms with van der Waals surface area (Å²) in [4.78, 5) is 4.01. The molecule has 0 saturated carbocycles. The van der Waals surface area contributed by atoms with Gasteiger partial charge in [-0.2, -0.15) is 0 Å². The van der Waals surface area contributed by atoms with Crippen LogP contribution in [0.25, 0.3) is 0 Å². The standard InChI is InChI=1S/C12H13N/c1-2-4-11(5-3-1)10-12-6-8-13-9-7-12/h1-4,6-9,11H,5,10H2. The Morgan fingerprint density at radius 1 is 1.23 bits per heavy atom. The lowest BCUT2D eigenvalue weighted by Crippen LogP contribution is -2.01. The van der Waals surface area contributed by atoms with Gasteiger partial charge in [0.25, 0.3) is 0 Å². The maximum Gasteiger partial charge on any atom is 0.0270 e. The SMILES string of the molecule is C1=CCC(Cc2ccncc2)C=C1. The number of aromatic nitrogens is 1. The second kappa shape index (κ2) is 4.04. The molecule has 66 valence electrons. The summed E-state index contributed by atoms with van der Waals surface area (Å²) in [5.41, 5.74) is 1.37. The van der Waals surface area contributed by atoms with Crippen LogP contribution in [0.1, 0.15) is 12.0 Å². The third-order valence-corrected chi connectivity index (χ3v) is 2.32. The van der Waals surface area contributed by atoms with Gasteiger partial charge in [-0.05, 0) is 36.5 Å². The molecule has 1 heterocycles. The largest absolute Gasteiger partial charge is 0.265 e. The van der Waals surface area contributed by atoms with E-state index in [1.165, 1.54) is 12.0 Å². The lowest BCUT2D eigenvalue weighted by atomic mass is 9.94. The maximum atomic E-state index is 4.01. The van der Waals surface area contributed by atoms with Crippen LogP contribution in [0.3, 0.4) is 0 Å². The zero-order valence-electron chi connectivity index (χ0n) is 7.56. The van der Waals surface area contributed by atoms with E-state index >= 15 is 0 Å². The summed E-state index contributed by atoms with van der Waals surface area (Å²) in [6.07, 6.45) is 14.8. The maximum absolute atomic E-state index is 4.01. The van der Waals surface area contributed by atoms with Crippen LogP contribution in [0.5, 0.6) is 0 Å². The zero-order chi connectivity index (χ0) is 8.93. The quantitative estimate of drug-likeness (QED) is 0.666. The van der Waals surface area contributed by atoms with Gasteiger partial charge in [-0.1, -0.05) is 24.3 Å². The summed E-state index contributed by atoms with van der Waals surface area (Å²) < 4.78 is 0. The molecule has 1 aromatic rings. The molecule has 2 rings (SSSR count). The number of allylic oxidation sites excluding steroid dienone is 4. The number of rotatable bonds is 2. The Kier molecular flexibility index (Phi) is 2.56. The molecular weight excluding hydrogens is 158 g/mol. The summed E-state index contributed by atoms with van der Waals surface area (Å²) in [5.74, 6) is 0.674. The lowest BCUT2D eigenvalue weighted by molar-refractivity contribution is 0.653. The summed E-state index contributed by atoms with van der Waals surface area (Å²) in [7, 11) is 0. The van der Waals surface area contributed by atoms with E-state index in [1.54, 1.807) is 0 Å². The smallest absolute Gasteiger partial charge is 0.0270 e. The predicted molar refractivity (Wildman–Crippen MR) is 54.3 cm³/mol. The van der Waals surface area contributed by atoms with E-state index in [0.717, 1.165) is 6.42 Å². The van der Waals surface area contributed by atoms with Gasteiger partial charge in [0.2, 0.25) is 0 Å². The van der Waals surface area contributed by atoms with Gasteiger partial charge in [0.1, 0.15) is 0 Å². The second-order valence-corrected chi connectivity index (χ2v) is 3.37. The molecule has 0 fully saturated rings. The van der Waals surface area contributed by atoms with Gasteiger partial charge >= 0.3 is 0 Å². The Morgan fingerprint density at radius 3 is 2.77 bits per heavy atom. The number of pyridine rings is 1. The van der Waals surface area contributed by atoms with Crippen molar-refractivity contribution in [1.29, 1.82) is 0 Å². The highest BCUT2D eigenvalue weighted by molar-refractivity contribution is 5.16. The normalized spacial score (nSPS) is 20.5. The minimum absolute atomic E-state index is 0.674. The third-order valence-electron chi connectivity index (χ3n) is 2.32. The van der Waals surface area contributed by atoms with Crippen LogP contribution < -0.4 is 0 Å². The number of nitrogens with zero attached hydrogens (tertiary/aromatic N) is 1. The van der Waals surface area contributed by atoms with Crippen LogP contribution in [0.4, 0.5) is 0 Å². The van der Waals surface area contributed by atoms with Gasteiger partial charge in [-0.3, -0.25) is 4.98 Å². The Balaban J connectivity index is 1.99. The first-order chi connectivity index (χ1) is 6.45. The van der Waals surface area contributed by atoms with Crippen LogP contribution in [0, 0.1) is 5.92 Å². The molecular formula is C12H13N. The van der Waals surface area contributed by atoms with Gasteiger partial charge in [-0.25, -0.2) is 0 Å². The van der Waals surface area contributed by atoms with Crippen molar-refractivity contribution in [3.63, 3.8) is 0 Å². The van der Waals surface area contributed by atoms with Crippen molar-refractivity contribution in [2.24, 2.45) is 5.92 Å². The first-order valence-corrected chi connectivity index (χ1v) is 4.67. The Hall–Kier alpha value is -1.37. The highest BCUT2D eigenvalue weighted by Gasteiger charge is 2.05. The lowest BCUT2D eigenvalue weighted by Gasteiger charge is -2.12. The van der Waals surface area contributed by atoms with E-state index in [1.807, 2.05) is 12.4 Å². The summed E-state index contributed by atoms with van der Waals surface area (Å²) in [6, 6.07) is 4.18. The van der Waals surface area contributed by atoms with Crippen molar-refractivity contribution < 1.29 is 0 Å². The van der Waals surface area contributed by atoms with Crippen LogP contribution in [0.2, 0.25) is 0 Å². The molecule has 0 spiro atoms. The van der Waals surface area contributed by atoms with E-state index < -0.39 is 0 Å². The average Bonchev–Trinajstić information content (AvgIpc) is 2.21. The first kappa shape index (κ1) is 8.24. The molecule has 1 unspecified atom stereocenters. The van der Waals surface area contributed by atoms with Crippen molar-refractivity contribution in [2.75, 3.05) is 0 Å². The summed E-state index contributed by atoms with van der Waals surface area (Å²) >= 11 is 0. The van der Waals surface area contributed by atoms with E-state index in [0.29, 0.717) is 5.92 Å². The van der Waals surface area contributed by atoms with Crippen molar-refractivity contribution in [1.82, 2.24) is 4.98 Å². The molecule has 0 saturated heterocycles. The molecule has 13 heavy (non-hydrogen) atoms. The van der Waals surface area contributed by atoms with Crippen LogP contribution >= 0.6 is 0 Å². The Morgan fingerprint density at radius 2 is 2.08 bits per heavy atom. The molecule has 1 aliphatic carbocycles. The van der Waals surface area contributed by atoms with Crippen molar-refractivity contribution >= 4 is 0 Å². The van der Waals surface area contributed by atoms with E-state index in [2.05, 4.69) is 41.4 Å². The highest BCUT2D eigenvalue weighted by Crippen LogP contribution is 2.16. The topological polar surface area (TPSA) is 12.9 Å². The number of hydrogen-bond donors (Lipinski definition) is 0. The highest BCUT2D eigenvalue weighted by atomic mass is 14.6. The molecule has 0 bridgehead atoms.